The molecule has 0 aliphatic carbocycles. The first-order valence-electron chi connectivity index (χ1n) is 10.1. The summed E-state index contributed by atoms with van der Waals surface area (Å²) in [4.78, 5) is 26.4. The molecule has 31 heavy (non-hydrogen) atoms. The van der Waals surface area contributed by atoms with Crippen LogP contribution in [0.25, 0.3) is 0 Å². The second kappa shape index (κ2) is 9.38. The number of fused-ring (bicyclic) bond motifs is 1. The average Bonchev–Trinajstić information content (AvgIpc) is 2.72. The van der Waals surface area contributed by atoms with Gasteiger partial charge in [0.05, 0.1) is 4.90 Å². The van der Waals surface area contributed by atoms with E-state index in [1.807, 2.05) is 0 Å². The monoisotopic (exact) mass is 463 g/mol. The fraction of sp³-hybridized carbons (Fsp3) is 0.364. The highest BCUT2D eigenvalue weighted by Gasteiger charge is 2.30. The van der Waals surface area contributed by atoms with Crippen LogP contribution in [0, 0.1) is 5.92 Å². The molecule has 0 spiro atoms. The van der Waals surface area contributed by atoms with Crippen molar-refractivity contribution < 1.29 is 18.0 Å². The summed E-state index contributed by atoms with van der Waals surface area (Å²) in [6.07, 6.45) is 1.45. The van der Waals surface area contributed by atoms with Gasteiger partial charge in [-0.15, -0.1) is 0 Å². The molecule has 3 rings (SSSR count). The molecule has 7 nitrogen and oxygen atoms in total. The molecule has 2 amide bonds. The Kier molecular flexibility index (Phi) is 7.03. The van der Waals surface area contributed by atoms with Crippen molar-refractivity contribution in [2.45, 2.75) is 44.6 Å². The Bertz CT molecular complexity index is 1080. The number of sulfonamides is 1. The van der Waals surface area contributed by atoms with Crippen LogP contribution in [0.4, 0.5) is 11.4 Å². The van der Waals surface area contributed by atoms with Crippen LogP contribution in [0.15, 0.2) is 47.4 Å². The van der Waals surface area contributed by atoms with Crippen LogP contribution >= 0.6 is 11.6 Å². The first-order chi connectivity index (χ1) is 14.6. The molecule has 2 aromatic rings. The van der Waals surface area contributed by atoms with E-state index >= 15 is 0 Å². The van der Waals surface area contributed by atoms with Crippen LogP contribution in [0.1, 0.15) is 32.8 Å². The zero-order valence-corrected chi connectivity index (χ0v) is 19.3. The lowest BCUT2D eigenvalue weighted by atomic mass is 10.0. The molecule has 0 fully saturated rings. The largest absolute Gasteiger partial charge is 0.325 e. The van der Waals surface area contributed by atoms with Gasteiger partial charge in [-0.3, -0.25) is 9.59 Å². The summed E-state index contributed by atoms with van der Waals surface area (Å²) >= 11 is 5.87. The number of benzene rings is 2. The highest BCUT2D eigenvalue weighted by atomic mass is 35.5. The van der Waals surface area contributed by atoms with Crippen LogP contribution < -0.4 is 14.9 Å². The Hall–Kier alpha value is -2.42. The van der Waals surface area contributed by atoms with E-state index in [4.69, 9.17) is 11.6 Å². The maximum atomic E-state index is 13.1. The van der Waals surface area contributed by atoms with Crippen molar-refractivity contribution in [2.75, 3.05) is 16.8 Å². The molecule has 9 heteroatoms. The van der Waals surface area contributed by atoms with E-state index in [2.05, 4.69) is 10.0 Å². The molecule has 166 valence electrons. The van der Waals surface area contributed by atoms with Gasteiger partial charge in [0.1, 0.15) is 6.04 Å². The zero-order valence-electron chi connectivity index (χ0n) is 17.7. The van der Waals surface area contributed by atoms with Gasteiger partial charge < -0.3 is 10.2 Å². The van der Waals surface area contributed by atoms with E-state index in [0.717, 1.165) is 17.7 Å². The number of anilines is 2. The highest BCUT2D eigenvalue weighted by molar-refractivity contribution is 7.89. The lowest BCUT2D eigenvalue weighted by Crippen LogP contribution is -2.47. The first kappa shape index (κ1) is 23.2. The van der Waals surface area contributed by atoms with Crippen LogP contribution in [0.2, 0.25) is 5.02 Å². The number of amides is 2. The van der Waals surface area contributed by atoms with Crippen molar-refractivity contribution >= 4 is 44.8 Å². The van der Waals surface area contributed by atoms with E-state index in [1.54, 1.807) is 55.1 Å². The van der Waals surface area contributed by atoms with Crippen molar-refractivity contribution in [1.82, 2.24) is 4.72 Å². The number of nitrogens with zero attached hydrogens (tertiary/aromatic N) is 1. The third-order valence-corrected chi connectivity index (χ3v) is 6.89. The molecule has 1 atom stereocenters. The number of carbonyl (C=O) groups excluding carboxylic acids is 2. The summed E-state index contributed by atoms with van der Waals surface area (Å²) < 4.78 is 28.7. The summed E-state index contributed by atoms with van der Waals surface area (Å²) in [6.45, 7) is 5.65. The lowest BCUT2D eigenvalue weighted by Gasteiger charge is -2.29. The third-order valence-electron chi connectivity index (χ3n) is 5.20. The number of halogens is 1. The van der Waals surface area contributed by atoms with E-state index in [-0.39, 0.29) is 16.7 Å². The molecule has 1 heterocycles. The second-order valence-electron chi connectivity index (χ2n) is 7.90. The number of nitrogens with one attached hydrogen (secondary N) is 2. The Morgan fingerprint density at radius 1 is 1.10 bits per heavy atom. The van der Waals surface area contributed by atoms with E-state index < -0.39 is 22.0 Å². The quantitative estimate of drug-likeness (QED) is 0.684. The average molecular weight is 464 g/mol. The minimum Gasteiger partial charge on any atom is -0.325 e. The Labute approximate surface area is 187 Å². The van der Waals surface area contributed by atoms with E-state index in [1.165, 1.54) is 13.0 Å². The summed E-state index contributed by atoms with van der Waals surface area (Å²) in [5, 5.41) is 3.26. The Morgan fingerprint density at radius 2 is 1.77 bits per heavy atom. The number of hydrogen-bond acceptors (Lipinski definition) is 4. The Balaban J connectivity index is 1.82. The van der Waals surface area contributed by atoms with Gasteiger partial charge in [0.2, 0.25) is 21.8 Å². The van der Waals surface area contributed by atoms with Crippen molar-refractivity contribution in [2.24, 2.45) is 5.92 Å². The molecule has 0 radical (unpaired) electrons. The topological polar surface area (TPSA) is 95.6 Å². The zero-order chi connectivity index (χ0) is 22.8. The predicted octanol–water partition coefficient (Wildman–Crippen LogP) is 3.58. The van der Waals surface area contributed by atoms with Gasteiger partial charge in [0, 0.05) is 29.9 Å². The van der Waals surface area contributed by atoms with Gasteiger partial charge in [0.25, 0.3) is 0 Å². The predicted molar refractivity (Wildman–Crippen MR) is 122 cm³/mol. The van der Waals surface area contributed by atoms with Gasteiger partial charge in [-0.2, -0.15) is 4.72 Å². The maximum Gasteiger partial charge on any atom is 0.242 e. The fourth-order valence-electron chi connectivity index (χ4n) is 3.55. The fourth-order valence-corrected chi connectivity index (χ4v) is 5.07. The highest BCUT2D eigenvalue weighted by Crippen LogP contribution is 2.29. The number of rotatable bonds is 6. The molecule has 0 saturated heterocycles. The van der Waals surface area contributed by atoms with Gasteiger partial charge >= 0.3 is 0 Å². The molecular formula is C22H26ClN3O4S. The van der Waals surface area contributed by atoms with Crippen molar-refractivity contribution in [3.8, 4) is 0 Å². The summed E-state index contributed by atoms with van der Waals surface area (Å²) in [6, 6.07) is 10.3. The van der Waals surface area contributed by atoms with Crippen molar-refractivity contribution in [1.29, 1.82) is 0 Å². The third kappa shape index (κ3) is 5.44. The number of aryl methyl sites for hydroxylation is 1. The summed E-state index contributed by atoms with van der Waals surface area (Å²) in [7, 11) is -3.96. The van der Waals surface area contributed by atoms with Gasteiger partial charge in [-0.1, -0.05) is 25.4 Å². The minimum absolute atomic E-state index is 0.0709. The first-order valence-corrected chi connectivity index (χ1v) is 11.9. The lowest BCUT2D eigenvalue weighted by molar-refractivity contribution is -0.118. The molecular weight excluding hydrogens is 438 g/mol. The molecule has 0 bridgehead atoms. The Morgan fingerprint density at radius 3 is 2.39 bits per heavy atom. The number of hydrogen-bond donors (Lipinski definition) is 2. The van der Waals surface area contributed by atoms with Crippen LogP contribution in [-0.2, 0) is 26.0 Å². The molecule has 2 N–H and O–H groups in total. The summed E-state index contributed by atoms with van der Waals surface area (Å²) in [5.41, 5.74) is 2.06. The standard InChI is InChI=1S/C22H26ClN3O4S/c1-14(2)21(22(28)24-18-8-6-17(23)7-9-18)25-31(29,30)19-10-11-20-16(13-19)5-4-12-26(20)15(3)27/h6-11,13-14,21,25H,4-5,12H2,1-3H3,(H,24,28). The second-order valence-corrected chi connectivity index (χ2v) is 10.1. The summed E-state index contributed by atoms with van der Waals surface area (Å²) in [5.74, 6) is -0.817. The van der Waals surface area contributed by atoms with Gasteiger partial charge in [-0.05, 0) is 66.8 Å². The van der Waals surface area contributed by atoms with Gasteiger partial charge in [-0.25, -0.2) is 8.42 Å². The van der Waals surface area contributed by atoms with Crippen LogP contribution in [0.5, 0.6) is 0 Å². The normalized spacial score (nSPS) is 14.8. The van der Waals surface area contributed by atoms with Crippen LogP contribution in [0.3, 0.4) is 0 Å². The molecule has 1 aliphatic heterocycles. The minimum atomic E-state index is -3.96. The maximum absolute atomic E-state index is 13.1. The molecule has 1 aliphatic rings. The molecule has 0 aromatic heterocycles. The molecule has 0 saturated carbocycles. The molecule has 1 unspecified atom stereocenters. The van der Waals surface area contributed by atoms with Crippen LogP contribution in [-0.4, -0.2) is 32.8 Å². The van der Waals surface area contributed by atoms with Crippen molar-refractivity contribution in [3.63, 3.8) is 0 Å². The van der Waals surface area contributed by atoms with Gasteiger partial charge in [0.15, 0.2) is 0 Å². The number of carbonyl (C=O) groups is 2. The van der Waals surface area contributed by atoms with E-state index in [0.29, 0.717) is 23.7 Å². The SMILES string of the molecule is CC(=O)N1CCCc2cc(S(=O)(=O)NC(C(=O)Nc3ccc(Cl)cc3)C(C)C)ccc21. The smallest absolute Gasteiger partial charge is 0.242 e. The van der Waals surface area contributed by atoms with E-state index in [9.17, 15) is 18.0 Å². The molecule has 2 aromatic carbocycles. The van der Waals surface area contributed by atoms with Crippen molar-refractivity contribution in [3.05, 3.63) is 53.1 Å².